The van der Waals surface area contributed by atoms with Crippen molar-refractivity contribution in [1.29, 1.82) is 0 Å². The van der Waals surface area contributed by atoms with Crippen molar-refractivity contribution in [3.05, 3.63) is 0 Å². The van der Waals surface area contributed by atoms with E-state index in [4.69, 9.17) is 19.2 Å². The summed E-state index contributed by atoms with van der Waals surface area (Å²) in [5.41, 5.74) is 0. The first-order chi connectivity index (χ1) is 2.00. The average Bonchev–Trinajstić information content (AvgIpc) is 0.722. The second-order valence-corrected chi connectivity index (χ2v) is 1.80. The summed E-state index contributed by atoms with van der Waals surface area (Å²) >= 11 is 0. The Labute approximate surface area is 106 Å². The summed E-state index contributed by atoms with van der Waals surface area (Å²) < 4.78 is 0. The van der Waals surface area contributed by atoms with Gasteiger partial charge in [-0.25, -0.2) is 0 Å². The Hall–Kier alpha value is 2.51. The summed E-state index contributed by atoms with van der Waals surface area (Å²) in [6.07, 6.45) is 0. The van der Waals surface area contributed by atoms with Gasteiger partial charge in [-0.2, -0.15) is 0 Å². The van der Waals surface area contributed by atoms with Crippen LogP contribution >= 0.6 is 0 Å². The molecule has 8 heavy (non-hydrogen) atoms. The van der Waals surface area contributed by atoms with Gasteiger partial charge in [-0.15, -0.1) is 0 Å². The molecule has 0 aromatic carbocycles. The molecular weight excluding hydrogens is 191 g/mol. The number of hydrogen-bond acceptors (Lipinski definition) is 4. The number of halogens is 1. The third-order valence-electron chi connectivity index (χ3n) is 0. The van der Waals surface area contributed by atoms with E-state index in [0.29, 0.717) is 0 Å². The van der Waals surface area contributed by atoms with E-state index < -0.39 is 9.05 Å². The normalized spacial score (nSPS) is 7.50. The molecule has 0 unspecified atom stereocenters. The Kier molecular flexibility index (Phi) is 26.7. The molecule has 0 aliphatic carbocycles. The van der Waals surface area contributed by atoms with E-state index in [1.54, 1.807) is 0 Å². The second kappa shape index (κ2) is 9.51. The Morgan fingerprint density at radius 1 is 0.750 bits per heavy atom. The molecule has 0 rings (SSSR count). The van der Waals surface area contributed by atoms with Crippen LogP contribution in [-0.4, -0.2) is 104 Å². The molecule has 0 atom stereocenters. The van der Waals surface area contributed by atoms with Crippen LogP contribution in [0.5, 0.6) is 0 Å². The maximum absolute atomic E-state index is 7.33. The van der Waals surface area contributed by atoms with Crippen molar-refractivity contribution in [1.82, 2.24) is 0 Å². The van der Waals surface area contributed by atoms with Crippen molar-refractivity contribution in [3.8, 4) is 0 Å². The Bertz CT molecular complexity index is 29.5. The minimum atomic E-state index is -4.61. The molecule has 0 heterocycles. The van der Waals surface area contributed by atoms with Crippen LogP contribution in [0, 0.1) is 0 Å². The maximum atomic E-state index is 7.33. The molecule has 4 N–H and O–H groups in total. The number of hydrogen-bond donors (Lipinski definition) is 4. The molecule has 0 fully saturated rings. The molecule has 0 aliphatic rings. The predicted octanol–water partition coefficient (Wildman–Crippen LogP) is -4.29. The molecule has 48 valence electrons. The zero-order valence-electron chi connectivity index (χ0n) is 2.70. The zero-order chi connectivity index (χ0) is 4.50. The number of rotatable bonds is 0. The first kappa shape index (κ1) is 22.4. The van der Waals surface area contributed by atoms with Crippen LogP contribution in [0.25, 0.3) is 0 Å². The zero-order valence-corrected chi connectivity index (χ0v) is 3.70. The summed E-state index contributed by atoms with van der Waals surface area (Å²) in [6, 6.07) is 0. The van der Waals surface area contributed by atoms with Crippen molar-refractivity contribution in [2.24, 2.45) is 0 Å². The molecule has 0 saturated carbocycles. The molecule has 4 nitrogen and oxygen atoms in total. The summed E-state index contributed by atoms with van der Waals surface area (Å²) in [4.78, 5) is 29.3. The third-order valence-corrected chi connectivity index (χ3v) is 0. The van der Waals surface area contributed by atoms with E-state index in [1.165, 1.54) is 0 Å². The monoisotopic (exact) mass is 200 g/mol. The van der Waals surface area contributed by atoms with Gasteiger partial charge in [0.2, 0.25) is 0 Å². The van der Waals surface area contributed by atoms with Crippen LogP contribution in [0.2, 0.25) is 0 Å². The average molecular weight is 200 g/mol. The van der Waals surface area contributed by atoms with Gasteiger partial charge in [0.15, 0.2) is 0 Å². The molecule has 0 radical (unpaired) electrons. The van der Waals surface area contributed by atoms with Crippen molar-refractivity contribution in [2.75, 3.05) is 0 Å². The second-order valence-electron chi connectivity index (χ2n) is 0.600. The predicted molar refractivity (Wildman–Crippen MR) is 34.2 cm³/mol. The topological polar surface area (TPSA) is 80.9 Å². The molecule has 0 saturated heterocycles. The van der Waals surface area contributed by atoms with Crippen LogP contribution in [0.1, 0.15) is 0 Å². The van der Waals surface area contributed by atoms with Crippen molar-refractivity contribution < 1.29 is 23.9 Å². The third kappa shape index (κ3) is 76.3. The van der Waals surface area contributed by atoms with Gasteiger partial charge < -0.3 is 19.2 Å². The molecule has 0 aliphatic heterocycles. The molecule has 0 spiro atoms. The van der Waals surface area contributed by atoms with Crippen molar-refractivity contribution >= 4 is 84.5 Å². The van der Waals surface area contributed by atoms with Crippen LogP contribution < -0.4 is 0 Å². The fourth-order valence-electron chi connectivity index (χ4n) is 0. The fourth-order valence-corrected chi connectivity index (χ4v) is 0. The van der Waals surface area contributed by atoms with Crippen LogP contribution in [0.15, 0.2) is 0 Å². The van der Waals surface area contributed by atoms with Gasteiger partial charge in [-0.05, 0) is 0 Å². The molecule has 0 bridgehead atoms. The molecule has 0 amide bonds. The van der Waals surface area contributed by atoms with Gasteiger partial charge in [-0.1, -0.05) is 0 Å². The summed E-state index contributed by atoms with van der Waals surface area (Å²) in [6.45, 7) is 0. The first-order valence-electron chi connectivity index (χ1n) is 0.894. The van der Waals surface area contributed by atoms with Crippen molar-refractivity contribution in [3.63, 3.8) is 0 Å². The van der Waals surface area contributed by atoms with E-state index in [9.17, 15) is 0 Å². The first-order valence-corrected chi connectivity index (χ1v) is 2.68. The van der Waals surface area contributed by atoms with Gasteiger partial charge in [0.1, 0.15) is 0 Å². The van der Waals surface area contributed by atoms with Gasteiger partial charge in [-0.3, -0.25) is 4.70 Å². The molecule has 0 aromatic rings. The Morgan fingerprint density at radius 3 is 0.750 bits per heavy atom. The van der Waals surface area contributed by atoms with Crippen LogP contribution in [0.4, 0.5) is 4.70 Å². The van der Waals surface area contributed by atoms with E-state index in [0.717, 1.165) is 0 Å². The van der Waals surface area contributed by atoms with E-state index in [2.05, 4.69) is 0 Å². The Morgan fingerprint density at radius 2 is 0.750 bits per heavy atom. The Balaban J connectivity index is -0.0000000267. The van der Waals surface area contributed by atoms with Gasteiger partial charge in [0.05, 0.1) is 0 Å². The van der Waals surface area contributed by atoms with E-state index in [-0.39, 0.29) is 80.2 Å². The minimum absolute atomic E-state index is 0. The van der Waals surface area contributed by atoms with Crippen LogP contribution in [0.3, 0.4) is 0 Å². The standard InChI is InChI=1S/2Ca.FH.H4O4Si.4H/c;;;1-5(2,3)4;;;;/h;;1H;1-4H;;;;. The van der Waals surface area contributed by atoms with Crippen LogP contribution in [-0.2, 0) is 0 Å². The quantitative estimate of drug-likeness (QED) is 0.298. The summed E-state index contributed by atoms with van der Waals surface area (Å²) in [5, 5.41) is 0. The molecular formula is H9Ca2FO4Si. The van der Waals surface area contributed by atoms with Gasteiger partial charge in [0.25, 0.3) is 0 Å². The van der Waals surface area contributed by atoms with Gasteiger partial charge in [0, 0.05) is 0 Å². The van der Waals surface area contributed by atoms with E-state index in [1.807, 2.05) is 0 Å². The van der Waals surface area contributed by atoms with Gasteiger partial charge >= 0.3 is 84.5 Å². The van der Waals surface area contributed by atoms with E-state index >= 15 is 0 Å². The SMILES string of the molecule is F.O[Si](O)(O)O.[CaH2].[CaH2]. The van der Waals surface area contributed by atoms with Crippen molar-refractivity contribution in [2.45, 2.75) is 0 Å². The summed E-state index contributed by atoms with van der Waals surface area (Å²) in [5.74, 6) is 0. The molecule has 8 heteroatoms. The molecule has 0 aromatic heterocycles. The summed E-state index contributed by atoms with van der Waals surface area (Å²) in [7, 11) is -4.61. The fraction of sp³-hybridized carbons (Fsp3) is 0.